The van der Waals surface area contributed by atoms with Gasteiger partial charge in [0.15, 0.2) is 4.32 Å². The topological polar surface area (TPSA) is 99.6 Å². The number of halogens is 6. The minimum absolute atomic E-state index is 0.0235. The minimum Gasteiger partial charge on any atom is -0.476 e. The minimum atomic E-state index is -5.01. The zero-order valence-corrected chi connectivity index (χ0v) is 20.7. The Hall–Kier alpha value is -3.30. The Kier molecular flexibility index (Phi) is 8.94. The molecule has 0 bridgehead atoms. The summed E-state index contributed by atoms with van der Waals surface area (Å²) in [5, 5.41) is 9.63. The number of nitrogens with one attached hydrogen (secondary N) is 1. The molecule has 0 unspecified atom stereocenters. The maximum atomic E-state index is 13.2. The number of thiocarbonyl (C=S) groups is 1. The van der Waals surface area contributed by atoms with Crippen molar-refractivity contribution in [3.8, 4) is 11.3 Å². The van der Waals surface area contributed by atoms with Gasteiger partial charge in [-0.05, 0) is 49.2 Å². The third kappa shape index (κ3) is 7.39. The van der Waals surface area contributed by atoms with Gasteiger partial charge in [-0.2, -0.15) is 26.3 Å². The van der Waals surface area contributed by atoms with E-state index in [-0.39, 0.29) is 46.1 Å². The number of Topliss-reactive ketones (excluding diaryl/α,β-unsaturated/α-hetero) is 1. The highest BCUT2D eigenvalue weighted by Gasteiger charge is 2.37. The Morgan fingerprint density at radius 1 is 1.05 bits per heavy atom. The van der Waals surface area contributed by atoms with E-state index in [1.165, 1.54) is 24.3 Å². The number of benzene rings is 1. The number of amides is 1. The van der Waals surface area contributed by atoms with Crippen LogP contribution in [-0.4, -0.2) is 43.6 Å². The van der Waals surface area contributed by atoms with Gasteiger partial charge in [0.05, 0.1) is 27.4 Å². The van der Waals surface area contributed by atoms with E-state index in [4.69, 9.17) is 17.3 Å². The van der Waals surface area contributed by atoms with E-state index in [1.54, 1.807) is 0 Å². The molecule has 202 valence electrons. The van der Waals surface area contributed by atoms with Crippen molar-refractivity contribution in [3.05, 3.63) is 58.1 Å². The molecule has 38 heavy (non-hydrogen) atoms. The average molecular weight is 578 g/mol. The summed E-state index contributed by atoms with van der Waals surface area (Å²) in [6, 6.07) is 5.19. The van der Waals surface area contributed by atoms with E-state index in [1.807, 2.05) is 0 Å². The number of aromatic nitrogens is 1. The number of ketones is 1. The lowest BCUT2D eigenvalue weighted by Gasteiger charge is -2.15. The molecule has 2 aromatic rings. The number of carboxylic acids is 1. The predicted octanol–water partition coefficient (Wildman–Crippen LogP) is 5.32. The number of unbranched alkanes of at least 4 members (excludes halogenated alkanes) is 1. The Bertz CT molecular complexity index is 1280. The van der Waals surface area contributed by atoms with Crippen LogP contribution in [0.2, 0.25) is 0 Å². The van der Waals surface area contributed by atoms with E-state index in [0.717, 1.165) is 16.8 Å². The molecule has 1 aromatic heterocycles. The van der Waals surface area contributed by atoms with Gasteiger partial charge in [-0.25, -0.2) is 20.2 Å². The number of carboxylic acid groups (broad SMARTS) is 1. The number of nitrogens with zero attached hydrogens (tertiary/aromatic N) is 2. The molecule has 2 heterocycles. The summed E-state index contributed by atoms with van der Waals surface area (Å²) in [5.74, 6) is -3.01. The second kappa shape index (κ2) is 11.6. The van der Waals surface area contributed by atoms with Crippen molar-refractivity contribution in [2.75, 3.05) is 6.54 Å². The molecular formula is C23H17F6N3O4S2. The third-order valence-electron chi connectivity index (χ3n) is 5.07. The van der Waals surface area contributed by atoms with Crippen molar-refractivity contribution >= 4 is 52.0 Å². The second-order valence-corrected chi connectivity index (χ2v) is 9.53. The number of rotatable bonds is 9. The molecule has 7 nitrogen and oxygen atoms in total. The molecule has 0 aliphatic carbocycles. The molecule has 0 saturated carbocycles. The van der Waals surface area contributed by atoms with E-state index in [0.29, 0.717) is 18.6 Å². The zero-order valence-electron chi connectivity index (χ0n) is 19.0. The summed E-state index contributed by atoms with van der Waals surface area (Å²) in [4.78, 5) is 38.6. The first-order chi connectivity index (χ1) is 17.7. The van der Waals surface area contributed by atoms with Gasteiger partial charge in [-0.15, -0.1) is 0 Å². The standard InChI is InChI=1S/C23H17F6N3O4S2/c24-22(25,26)13-8-12(9-14(10-13)23(27,28)29)16-5-3-4-15(31-16)11-18-19(34)32(21(37)38-18)30-7-2-1-6-17(33)20(35)36/h3-5,8-11,30H,1-2,6-7H2,(H,35,36). The fourth-order valence-corrected chi connectivity index (χ4v) is 4.44. The second-order valence-electron chi connectivity index (χ2n) is 7.85. The van der Waals surface area contributed by atoms with Crippen LogP contribution < -0.4 is 5.43 Å². The van der Waals surface area contributed by atoms with Crippen molar-refractivity contribution in [2.45, 2.75) is 31.6 Å². The van der Waals surface area contributed by atoms with Gasteiger partial charge >= 0.3 is 18.3 Å². The van der Waals surface area contributed by atoms with Gasteiger partial charge in [0, 0.05) is 18.5 Å². The molecule has 1 amide bonds. The van der Waals surface area contributed by atoms with Crippen LogP contribution in [0.25, 0.3) is 17.3 Å². The molecule has 1 aliphatic rings. The average Bonchev–Trinajstić information content (AvgIpc) is 3.09. The summed E-state index contributed by atoms with van der Waals surface area (Å²) in [6.07, 6.45) is -8.25. The number of alkyl halides is 6. The van der Waals surface area contributed by atoms with Crippen molar-refractivity contribution in [1.82, 2.24) is 15.4 Å². The normalized spacial score (nSPS) is 15.4. The Labute approximate surface area is 220 Å². The van der Waals surface area contributed by atoms with E-state index in [2.05, 4.69) is 10.4 Å². The molecule has 1 aromatic carbocycles. The molecule has 0 atom stereocenters. The van der Waals surface area contributed by atoms with Crippen LogP contribution >= 0.6 is 24.0 Å². The Balaban J connectivity index is 1.77. The SMILES string of the molecule is O=C(O)C(=O)CCCCNN1C(=O)C(=Cc2cccc(-c3cc(C(F)(F)F)cc(C(F)(F)F)c3)n2)SC1=S. The number of thioether (sulfide) groups is 1. The van der Waals surface area contributed by atoms with Crippen LogP contribution in [0.3, 0.4) is 0 Å². The predicted molar refractivity (Wildman–Crippen MR) is 129 cm³/mol. The van der Waals surface area contributed by atoms with E-state index in [9.17, 15) is 40.7 Å². The van der Waals surface area contributed by atoms with Crippen LogP contribution in [0.15, 0.2) is 41.3 Å². The number of hydrogen-bond acceptors (Lipinski definition) is 7. The quantitative estimate of drug-likeness (QED) is 0.136. The molecule has 1 aliphatic heterocycles. The highest BCUT2D eigenvalue weighted by molar-refractivity contribution is 8.26. The molecule has 1 fully saturated rings. The van der Waals surface area contributed by atoms with E-state index < -0.39 is 46.7 Å². The Morgan fingerprint density at radius 2 is 1.68 bits per heavy atom. The molecule has 0 spiro atoms. The molecule has 3 rings (SSSR count). The van der Waals surface area contributed by atoms with Crippen molar-refractivity contribution in [2.24, 2.45) is 0 Å². The lowest BCUT2D eigenvalue weighted by Crippen LogP contribution is -2.41. The van der Waals surface area contributed by atoms with Crippen LogP contribution in [0.5, 0.6) is 0 Å². The zero-order chi connectivity index (χ0) is 28.3. The maximum Gasteiger partial charge on any atom is 0.416 e. The fourth-order valence-electron chi connectivity index (χ4n) is 3.24. The summed E-state index contributed by atoms with van der Waals surface area (Å²) < 4.78 is 79.4. The number of pyridine rings is 1. The first-order valence-corrected chi connectivity index (χ1v) is 11.9. The summed E-state index contributed by atoms with van der Waals surface area (Å²) in [5.41, 5.74) is -0.663. The number of aliphatic carboxylic acids is 1. The van der Waals surface area contributed by atoms with Crippen LogP contribution in [0, 0.1) is 0 Å². The van der Waals surface area contributed by atoms with Gasteiger partial charge in [-0.1, -0.05) is 30.0 Å². The number of hydrogen-bond donors (Lipinski definition) is 2. The Morgan fingerprint density at radius 3 is 2.26 bits per heavy atom. The third-order valence-corrected chi connectivity index (χ3v) is 6.37. The van der Waals surface area contributed by atoms with Gasteiger partial charge in [-0.3, -0.25) is 9.59 Å². The van der Waals surface area contributed by atoms with Gasteiger partial charge in [0.1, 0.15) is 0 Å². The van der Waals surface area contributed by atoms with Gasteiger partial charge in [0.25, 0.3) is 5.91 Å². The fraction of sp³-hybridized carbons (Fsp3) is 0.261. The molecule has 15 heteroatoms. The number of carbonyl (C=O) groups is 3. The molecule has 1 saturated heterocycles. The van der Waals surface area contributed by atoms with Crippen LogP contribution in [-0.2, 0) is 26.7 Å². The van der Waals surface area contributed by atoms with Crippen LogP contribution in [0.4, 0.5) is 26.3 Å². The molecule has 0 radical (unpaired) electrons. The highest BCUT2D eigenvalue weighted by Crippen LogP contribution is 2.38. The summed E-state index contributed by atoms with van der Waals surface area (Å²) in [6.45, 7) is 0.206. The monoisotopic (exact) mass is 577 g/mol. The highest BCUT2D eigenvalue weighted by atomic mass is 32.2. The first-order valence-electron chi connectivity index (χ1n) is 10.7. The molecular weight excluding hydrogens is 560 g/mol. The van der Waals surface area contributed by atoms with Gasteiger partial charge < -0.3 is 5.11 Å². The maximum absolute atomic E-state index is 13.2. The lowest BCUT2D eigenvalue weighted by molar-refractivity contribution is -0.149. The van der Waals surface area contributed by atoms with Crippen molar-refractivity contribution in [1.29, 1.82) is 0 Å². The largest absolute Gasteiger partial charge is 0.476 e. The first kappa shape index (κ1) is 29.3. The number of hydrazine groups is 1. The lowest BCUT2D eigenvalue weighted by atomic mass is 10.0. The van der Waals surface area contributed by atoms with Crippen LogP contribution in [0.1, 0.15) is 36.1 Å². The van der Waals surface area contributed by atoms with E-state index >= 15 is 0 Å². The van der Waals surface area contributed by atoms with Crippen molar-refractivity contribution < 1.29 is 45.8 Å². The summed E-state index contributed by atoms with van der Waals surface area (Å²) >= 11 is 6.06. The number of carbonyl (C=O) groups excluding carboxylic acids is 2. The summed E-state index contributed by atoms with van der Waals surface area (Å²) in [7, 11) is 0. The molecule has 2 N–H and O–H groups in total. The smallest absolute Gasteiger partial charge is 0.416 e. The van der Waals surface area contributed by atoms with Gasteiger partial charge in [0.2, 0.25) is 5.78 Å². The van der Waals surface area contributed by atoms with Crippen molar-refractivity contribution in [3.63, 3.8) is 0 Å².